The normalized spacial score (nSPS) is 21.3. The van der Waals surface area contributed by atoms with E-state index < -0.39 is 52.7 Å². The molecular weight excluding hydrogens is 692 g/mol. The molecule has 47 heavy (non-hydrogen) atoms. The molecule has 2 aliphatic heterocycles. The van der Waals surface area contributed by atoms with Crippen LogP contribution in [0, 0.1) is 0 Å². The molecule has 1 amide bonds. The van der Waals surface area contributed by atoms with Crippen LogP contribution in [-0.2, 0) is 34.4 Å². The molecule has 0 aliphatic carbocycles. The van der Waals surface area contributed by atoms with E-state index in [1.807, 2.05) is 4.90 Å². The number of methoxy groups -OCH3 is 2. The smallest absolute Gasteiger partial charge is 0.383 e. The number of carbonyl (C=O) groups excluding carboxylic acids is 1. The van der Waals surface area contributed by atoms with Crippen molar-refractivity contribution in [2.75, 3.05) is 60.1 Å². The minimum absolute atomic E-state index is 0. The minimum atomic E-state index is -5.13. The Hall–Kier alpha value is -2.30. The Labute approximate surface area is 279 Å². The number of amides is 1. The van der Waals surface area contributed by atoms with Gasteiger partial charge in [0.15, 0.2) is 0 Å². The second kappa shape index (κ2) is 16.4. The molecule has 0 spiro atoms. The predicted octanol–water partition coefficient (Wildman–Crippen LogP) is 6.69. The van der Waals surface area contributed by atoms with Gasteiger partial charge in [0.05, 0.1) is 29.4 Å². The number of alkyl halides is 9. The first-order chi connectivity index (χ1) is 21.0. The number of halogens is 11. The first-order valence-corrected chi connectivity index (χ1v) is 14.2. The highest BCUT2D eigenvalue weighted by molar-refractivity contribution is 5.95. The number of hydrogen-bond acceptors (Lipinski definition) is 5. The van der Waals surface area contributed by atoms with Crippen molar-refractivity contribution < 1.29 is 53.8 Å². The van der Waals surface area contributed by atoms with E-state index in [0.717, 1.165) is 18.6 Å². The summed E-state index contributed by atoms with van der Waals surface area (Å²) < 4.78 is 131. The molecule has 6 nitrogen and oxygen atoms in total. The summed E-state index contributed by atoms with van der Waals surface area (Å²) in [5.74, 6) is -1.02. The van der Waals surface area contributed by atoms with Gasteiger partial charge in [0.25, 0.3) is 5.91 Å². The van der Waals surface area contributed by atoms with Crippen molar-refractivity contribution in [1.82, 2.24) is 14.7 Å². The molecule has 266 valence electrons. The zero-order chi connectivity index (χ0) is 33.2. The van der Waals surface area contributed by atoms with E-state index in [0.29, 0.717) is 43.9 Å². The highest BCUT2D eigenvalue weighted by Gasteiger charge is 2.40. The van der Waals surface area contributed by atoms with Crippen LogP contribution in [0.25, 0.3) is 0 Å². The molecule has 17 heteroatoms. The Morgan fingerprint density at radius 3 is 1.85 bits per heavy atom. The van der Waals surface area contributed by atoms with E-state index in [2.05, 4.69) is 4.90 Å². The largest absolute Gasteiger partial charge is 0.416 e. The summed E-state index contributed by atoms with van der Waals surface area (Å²) in [6.07, 6.45) is -14.0. The molecular formula is C30H36Cl2F9N3O3. The van der Waals surface area contributed by atoms with Gasteiger partial charge in [0.2, 0.25) is 0 Å². The van der Waals surface area contributed by atoms with Crippen molar-refractivity contribution >= 4 is 30.7 Å². The molecule has 2 saturated heterocycles. The average molecular weight is 729 g/mol. The number of carbonyl (C=O) groups is 1. The molecule has 0 N–H and O–H groups in total. The van der Waals surface area contributed by atoms with Crippen LogP contribution >= 0.6 is 24.8 Å². The molecule has 2 aliphatic rings. The number of ether oxygens (including phenoxy) is 2. The van der Waals surface area contributed by atoms with Crippen LogP contribution in [-0.4, -0.2) is 98.9 Å². The minimum Gasteiger partial charge on any atom is -0.383 e. The van der Waals surface area contributed by atoms with Gasteiger partial charge in [-0.15, -0.1) is 24.8 Å². The lowest BCUT2D eigenvalue weighted by atomic mass is 9.98. The zero-order valence-corrected chi connectivity index (χ0v) is 27.1. The molecule has 0 saturated carbocycles. The van der Waals surface area contributed by atoms with E-state index in [4.69, 9.17) is 9.47 Å². The van der Waals surface area contributed by atoms with Crippen LogP contribution in [0.15, 0.2) is 42.5 Å². The fourth-order valence-corrected chi connectivity index (χ4v) is 5.93. The zero-order valence-electron chi connectivity index (χ0n) is 25.4. The third-order valence-corrected chi connectivity index (χ3v) is 8.30. The number of rotatable bonds is 9. The molecule has 0 radical (unpaired) electrons. The van der Waals surface area contributed by atoms with Crippen molar-refractivity contribution in [3.05, 3.63) is 70.3 Å². The average Bonchev–Trinajstić information content (AvgIpc) is 3.36. The molecule has 2 aromatic rings. The lowest BCUT2D eigenvalue weighted by Crippen LogP contribution is -2.57. The fraction of sp³-hybridized carbons (Fsp3) is 0.567. The van der Waals surface area contributed by atoms with E-state index in [1.54, 1.807) is 14.2 Å². The standard InChI is InChI=1S/C30H34F9N3O3.2ClH/c1-44-18-25-15-26(45-2)17-41(25)9-7-40-8-10-42(24(16-40)11-19-3-5-21(6-4-19)28(31,32)33)27(43)20-12-22(29(34,35)36)14-23(13-20)30(37,38)39;;/h3-6,12-14,24-26H,7-11,15-18H2,1-2H3;2*1H/t24-,25+,26-;;/m1../s1. The van der Waals surface area contributed by atoms with Gasteiger partial charge in [-0.25, -0.2) is 0 Å². The number of piperazine rings is 1. The van der Waals surface area contributed by atoms with Crippen LogP contribution in [0.4, 0.5) is 39.5 Å². The Balaban J connectivity index is 0.00000384. The fourth-order valence-electron chi connectivity index (χ4n) is 5.93. The summed E-state index contributed by atoms with van der Waals surface area (Å²) >= 11 is 0. The summed E-state index contributed by atoms with van der Waals surface area (Å²) in [5.41, 5.74) is -4.43. The van der Waals surface area contributed by atoms with E-state index in [-0.39, 0.29) is 69.1 Å². The molecule has 3 atom stereocenters. The Bertz CT molecular complexity index is 1280. The SMILES string of the molecule is COC[C@@H]1C[C@@H](OC)CN1CCN1CCN(C(=O)c2cc(C(F)(F)F)cc(C(F)(F)F)c2)[C@H](Cc2ccc(C(F)(F)F)cc2)C1.Cl.Cl. The summed E-state index contributed by atoms with van der Waals surface area (Å²) in [6, 6.07) is 4.41. The monoisotopic (exact) mass is 727 g/mol. The Morgan fingerprint density at radius 2 is 1.34 bits per heavy atom. The summed E-state index contributed by atoms with van der Waals surface area (Å²) in [6.45, 7) is 2.79. The van der Waals surface area contributed by atoms with Crippen LogP contribution in [0.5, 0.6) is 0 Å². The maximum absolute atomic E-state index is 13.6. The second-order valence-electron chi connectivity index (χ2n) is 11.3. The van der Waals surface area contributed by atoms with Gasteiger partial charge in [-0.2, -0.15) is 39.5 Å². The van der Waals surface area contributed by atoms with Crippen molar-refractivity contribution in [3.8, 4) is 0 Å². The van der Waals surface area contributed by atoms with E-state index in [9.17, 15) is 44.3 Å². The van der Waals surface area contributed by atoms with E-state index >= 15 is 0 Å². The van der Waals surface area contributed by atoms with Gasteiger partial charge < -0.3 is 14.4 Å². The van der Waals surface area contributed by atoms with Gasteiger partial charge in [0, 0.05) is 71.1 Å². The number of benzene rings is 2. The van der Waals surface area contributed by atoms with Gasteiger partial charge >= 0.3 is 18.5 Å². The van der Waals surface area contributed by atoms with Gasteiger partial charge in [-0.1, -0.05) is 12.1 Å². The Kier molecular flexibility index (Phi) is 14.3. The van der Waals surface area contributed by atoms with Crippen molar-refractivity contribution in [2.45, 2.75) is 49.6 Å². The van der Waals surface area contributed by atoms with Crippen molar-refractivity contribution in [3.63, 3.8) is 0 Å². The lowest BCUT2D eigenvalue weighted by Gasteiger charge is -2.42. The second-order valence-corrected chi connectivity index (χ2v) is 11.3. The lowest BCUT2D eigenvalue weighted by molar-refractivity contribution is -0.143. The Morgan fingerprint density at radius 1 is 0.766 bits per heavy atom. The topological polar surface area (TPSA) is 45.3 Å². The highest BCUT2D eigenvalue weighted by Crippen LogP contribution is 2.37. The third-order valence-electron chi connectivity index (χ3n) is 8.30. The number of nitrogens with zero attached hydrogens (tertiary/aromatic N) is 3. The van der Waals surface area contributed by atoms with Gasteiger partial charge in [-0.3, -0.25) is 14.6 Å². The first kappa shape index (κ1) is 40.9. The summed E-state index contributed by atoms with van der Waals surface area (Å²) in [5, 5.41) is 0. The van der Waals surface area contributed by atoms with Crippen LogP contribution < -0.4 is 0 Å². The molecule has 4 rings (SSSR count). The molecule has 2 fully saturated rings. The number of likely N-dealkylation sites (tertiary alicyclic amines) is 1. The molecule has 0 unspecified atom stereocenters. The number of hydrogen-bond donors (Lipinski definition) is 0. The maximum Gasteiger partial charge on any atom is 0.416 e. The maximum atomic E-state index is 13.6. The van der Waals surface area contributed by atoms with Gasteiger partial charge in [-0.05, 0) is 48.7 Å². The van der Waals surface area contributed by atoms with Crippen LogP contribution in [0.3, 0.4) is 0 Å². The van der Waals surface area contributed by atoms with Gasteiger partial charge in [0.1, 0.15) is 0 Å². The molecule has 2 heterocycles. The van der Waals surface area contributed by atoms with Crippen molar-refractivity contribution in [1.29, 1.82) is 0 Å². The molecule has 0 aromatic heterocycles. The van der Waals surface area contributed by atoms with Crippen molar-refractivity contribution in [2.24, 2.45) is 0 Å². The first-order valence-electron chi connectivity index (χ1n) is 14.2. The van der Waals surface area contributed by atoms with E-state index in [1.165, 1.54) is 17.0 Å². The van der Waals surface area contributed by atoms with Crippen LogP contribution in [0.2, 0.25) is 0 Å². The summed E-state index contributed by atoms with van der Waals surface area (Å²) in [7, 11) is 3.23. The molecule has 0 bridgehead atoms. The summed E-state index contributed by atoms with van der Waals surface area (Å²) in [4.78, 5) is 19.0. The van der Waals surface area contributed by atoms with Crippen LogP contribution in [0.1, 0.15) is 39.0 Å². The highest BCUT2D eigenvalue weighted by atomic mass is 35.5. The predicted molar refractivity (Wildman–Crippen MR) is 160 cm³/mol. The molecule has 2 aromatic carbocycles. The third kappa shape index (κ3) is 10.6. The quantitative estimate of drug-likeness (QED) is 0.270.